The molecule has 0 aromatic heterocycles. The molecule has 0 heterocycles. The molecule has 2 aromatic carbocycles. The highest BCUT2D eigenvalue weighted by Crippen LogP contribution is 2.64. The third kappa shape index (κ3) is 2.12. The molecule has 0 saturated heterocycles. The number of hydrogen-bond donors (Lipinski definition) is 0. The fourth-order valence-electron chi connectivity index (χ4n) is 6.29. The summed E-state index contributed by atoms with van der Waals surface area (Å²) in [6.45, 7) is 14.5. The molecular formula is C25H32. The highest BCUT2D eigenvalue weighted by Gasteiger charge is 2.57. The van der Waals surface area contributed by atoms with Gasteiger partial charge in [0.1, 0.15) is 0 Å². The van der Waals surface area contributed by atoms with E-state index in [4.69, 9.17) is 0 Å². The Labute approximate surface area is 153 Å². The van der Waals surface area contributed by atoms with Gasteiger partial charge in [-0.2, -0.15) is 0 Å². The van der Waals surface area contributed by atoms with Crippen LogP contribution in [0.1, 0.15) is 87.8 Å². The van der Waals surface area contributed by atoms with Crippen molar-refractivity contribution in [2.45, 2.75) is 83.5 Å². The van der Waals surface area contributed by atoms with E-state index in [1.165, 1.54) is 12.8 Å². The summed E-state index contributed by atoms with van der Waals surface area (Å²) < 4.78 is 0. The van der Waals surface area contributed by atoms with Gasteiger partial charge in [-0.25, -0.2) is 0 Å². The second-order valence-corrected chi connectivity index (χ2v) is 9.59. The molecule has 132 valence electrons. The summed E-state index contributed by atoms with van der Waals surface area (Å²) in [5.41, 5.74) is 10.4. The average Bonchev–Trinajstić information content (AvgIpc) is 2.95. The van der Waals surface area contributed by atoms with Crippen molar-refractivity contribution in [3.63, 3.8) is 0 Å². The molecule has 25 heavy (non-hydrogen) atoms. The Morgan fingerprint density at radius 3 is 1.44 bits per heavy atom. The van der Waals surface area contributed by atoms with E-state index in [-0.39, 0.29) is 16.2 Å². The molecule has 0 bridgehead atoms. The van der Waals surface area contributed by atoms with Crippen LogP contribution in [0.2, 0.25) is 0 Å². The molecule has 0 heteroatoms. The average molecular weight is 333 g/mol. The van der Waals surface area contributed by atoms with Crippen LogP contribution < -0.4 is 0 Å². The summed E-state index contributed by atoms with van der Waals surface area (Å²) in [6, 6.07) is 14.1. The first-order valence-electron chi connectivity index (χ1n) is 10.0. The Bertz CT molecular complexity index is 764. The Hall–Kier alpha value is -1.56. The summed E-state index contributed by atoms with van der Waals surface area (Å²) in [7, 11) is 0. The standard InChI is InChI=1S/C25H32/c1-7-17-11-9-13-19-21(17)25(15-23(19,3)4)16-24(5,6)20-14-10-12-18(8-2)22(20)25/h9-14H,7-8,15-16H2,1-6H3. The molecule has 2 aliphatic carbocycles. The highest BCUT2D eigenvalue weighted by molar-refractivity contribution is 5.63. The maximum atomic E-state index is 2.46. The first-order valence-corrected chi connectivity index (χ1v) is 10.0. The van der Waals surface area contributed by atoms with Crippen LogP contribution in [-0.4, -0.2) is 0 Å². The minimum atomic E-state index is 0.205. The number of aryl methyl sites for hydroxylation is 2. The van der Waals surface area contributed by atoms with Crippen molar-refractivity contribution < 1.29 is 0 Å². The molecule has 0 radical (unpaired) electrons. The van der Waals surface area contributed by atoms with Gasteiger partial charge in [0, 0.05) is 5.41 Å². The zero-order valence-corrected chi connectivity index (χ0v) is 16.8. The maximum Gasteiger partial charge on any atom is 0.0230 e. The lowest BCUT2D eigenvalue weighted by molar-refractivity contribution is 0.348. The lowest BCUT2D eigenvalue weighted by Crippen LogP contribution is -2.28. The zero-order valence-electron chi connectivity index (χ0n) is 16.8. The molecule has 1 spiro atoms. The normalized spacial score (nSPS) is 21.4. The van der Waals surface area contributed by atoms with Gasteiger partial charge in [0.2, 0.25) is 0 Å². The number of fused-ring (bicyclic) bond motifs is 4. The van der Waals surface area contributed by atoms with Gasteiger partial charge in [-0.1, -0.05) is 77.9 Å². The number of benzene rings is 2. The smallest absolute Gasteiger partial charge is 0.0230 e. The van der Waals surface area contributed by atoms with Crippen molar-refractivity contribution in [1.82, 2.24) is 0 Å². The first kappa shape index (κ1) is 16.9. The zero-order chi connectivity index (χ0) is 18.0. The van der Waals surface area contributed by atoms with E-state index in [0.29, 0.717) is 0 Å². The molecule has 4 rings (SSSR count). The fourth-order valence-corrected chi connectivity index (χ4v) is 6.29. The second-order valence-electron chi connectivity index (χ2n) is 9.59. The van der Waals surface area contributed by atoms with Gasteiger partial charge in [0.25, 0.3) is 0 Å². The van der Waals surface area contributed by atoms with Crippen molar-refractivity contribution in [3.05, 3.63) is 69.8 Å². The molecule has 0 saturated carbocycles. The van der Waals surface area contributed by atoms with Crippen molar-refractivity contribution >= 4 is 0 Å². The van der Waals surface area contributed by atoms with Crippen LogP contribution in [0.5, 0.6) is 0 Å². The minimum Gasteiger partial charge on any atom is -0.0617 e. The van der Waals surface area contributed by atoms with Gasteiger partial charge in [-0.3, -0.25) is 0 Å². The van der Waals surface area contributed by atoms with E-state index in [2.05, 4.69) is 77.9 Å². The molecule has 0 unspecified atom stereocenters. The predicted molar refractivity (Wildman–Crippen MR) is 108 cm³/mol. The Morgan fingerprint density at radius 2 is 1.08 bits per heavy atom. The topological polar surface area (TPSA) is 0 Å². The summed E-state index contributed by atoms with van der Waals surface area (Å²) in [5, 5.41) is 0. The van der Waals surface area contributed by atoms with E-state index >= 15 is 0 Å². The summed E-state index contributed by atoms with van der Waals surface area (Å²) >= 11 is 0. The quantitative estimate of drug-likeness (QED) is 0.592. The van der Waals surface area contributed by atoms with Crippen LogP contribution in [-0.2, 0) is 29.1 Å². The largest absolute Gasteiger partial charge is 0.0617 e. The Balaban J connectivity index is 2.11. The lowest BCUT2D eigenvalue weighted by Gasteiger charge is -2.33. The fraction of sp³-hybridized carbons (Fsp3) is 0.520. The summed E-state index contributed by atoms with van der Waals surface area (Å²) in [4.78, 5) is 0. The molecule has 0 aliphatic heterocycles. The third-order valence-electron chi connectivity index (χ3n) is 6.97. The van der Waals surface area contributed by atoms with Gasteiger partial charge < -0.3 is 0 Å². The van der Waals surface area contributed by atoms with Gasteiger partial charge in [-0.15, -0.1) is 0 Å². The third-order valence-corrected chi connectivity index (χ3v) is 6.97. The van der Waals surface area contributed by atoms with Crippen molar-refractivity contribution in [2.75, 3.05) is 0 Å². The summed E-state index contributed by atoms with van der Waals surface area (Å²) in [5.74, 6) is 0. The predicted octanol–water partition coefficient (Wildman–Crippen LogP) is 6.46. The molecular weight excluding hydrogens is 300 g/mol. The first-order chi connectivity index (χ1) is 11.8. The Kier molecular flexibility index (Phi) is 3.53. The van der Waals surface area contributed by atoms with Gasteiger partial charge in [0.05, 0.1) is 0 Å². The van der Waals surface area contributed by atoms with E-state index in [0.717, 1.165) is 12.8 Å². The van der Waals surface area contributed by atoms with E-state index < -0.39 is 0 Å². The Morgan fingerprint density at radius 1 is 0.680 bits per heavy atom. The van der Waals surface area contributed by atoms with Gasteiger partial charge >= 0.3 is 0 Å². The maximum absolute atomic E-state index is 2.46. The van der Waals surface area contributed by atoms with Crippen LogP contribution in [0.3, 0.4) is 0 Å². The lowest BCUT2D eigenvalue weighted by atomic mass is 9.70. The van der Waals surface area contributed by atoms with E-state index in [9.17, 15) is 0 Å². The molecule has 0 fully saturated rings. The van der Waals surface area contributed by atoms with Crippen molar-refractivity contribution in [1.29, 1.82) is 0 Å². The molecule has 2 aliphatic rings. The number of hydrogen-bond acceptors (Lipinski definition) is 0. The molecule has 0 N–H and O–H groups in total. The van der Waals surface area contributed by atoms with Gasteiger partial charge in [0.15, 0.2) is 0 Å². The number of rotatable bonds is 2. The van der Waals surface area contributed by atoms with Gasteiger partial charge in [-0.05, 0) is 69.9 Å². The van der Waals surface area contributed by atoms with E-state index in [1.807, 2.05) is 0 Å². The second kappa shape index (κ2) is 5.22. The van der Waals surface area contributed by atoms with Crippen LogP contribution in [0.15, 0.2) is 36.4 Å². The van der Waals surface area contributed by atoms with Crippen LogP contribution in [0.25, 0.3) is 0 Å². The van der Waals surface area contributed by atoms with Crippen molar-refractivity contribution in [3.8, 4) is 0 Å². The van der Waals surface area contributed by atoms with Crippen LogP contribution >= 0.6 is 0 Å². The minimum absolute atomic E-state index is 0.205. The molecule has 2 aromatic rings. The molecule has 0 atom stereocenters. The molecule has 0 nitrogen and oxygen atoms in total. The SMILES string of the molecule is CCc1cccc2c1C1(CC2(C)C)CC(C)(C)c2cccc(CC)c21. The van der Waals surface area contributed by atoms with Crippen molar-refractivity contribution in [2.24, 2.45) is 0 Å². The molecule has 0 amide bonds. The van der Waals surface area contributed by atoms with Crippen LogP contribution in [0, 0.1) is 0 Å². The summed E-state index contributed by atoms with van der Waals surface area (Å²) in [6.07, 6.45) is 4.76. The monoisotopic (exact) mass is 332 g/mol. The van der Waals surface area contributed by atoms with Crippen LogP contribution in [0.4, 0.5) is 0 Å². The van der Waals surface area contributed by atoms with E-state index in [1.54, 1.807) is 33.4 Å². The highest BCUT2D eigenvalue weighted by atomic mass is 14.6.